The van der Waals surface area contributed by atoms with Crippen molar-refractivity contribution in [2.24, 2.45) is 10.8 Å². The standard InChI is InChI=1S/C26H42O4/c1-18-17-19(2)21(13-10-12-16-26(6,7)24(29)30)22(20(18)3)14-9-8-11-15-25(4,5)23(27)28/h17H,8-16H2,1-7H3,(H,27,28)(H,29,30). The molecule has 2 N–H and O–H groups in total. The Bertz CT molecular complexity index is 744. The fourth-order valence-corrected chi connectivity index (χ4v) is 4.04. The highest BCUT2D eigenvalue weighted by Crippen LogP contribution is 2.29. The lowest BCUT2D eigenvalue weighted by Gasteiger charge is -2.21. The number of carbonyl (C=O) groups is 2. The van der Waals surface area contributed by atoms with E-state index in [4.69, 9.17) is 0 Å². The van der Waals surface area contributed by atoms with E-state index >= 15 is 0 Å². The molecule has 170 valence electrons. The molecule has 4 nitrogen and oxygen atoms in total. The molecule has 0 heterocycles. The molecule has 0 aliphatic carbocycles. The molecule has 4 heteroatoms. The second-order valence-electron chi connectivity index (χ2n) is 10.2. The van der Waals surface area contributed by atoms with Gasteiger partial charge in [0.15, 0.2) is 0 Å². The Kier molecular flexibility index (Phi) is 9.58. The van der Waals surface area contributed by atoms with E-state index in [0.717, 1.165) is 44.9 Å². The summed E-state index contributed by atoms with van der Waals surface area (Å²) >= 11 is 0. The molecule has 1 aromatic carbocycles. The lowest BCUT2D eigenvalue weighted by atomic mass is 9.84. The average Bonchev–Trinajstić information content (AvgIpc) is 2.63. The van der Waals surface area contributed by atoms with Crippen LogP contribution in [-0.2, 0) is 22.4 Å². The van der Waals surface area contributed by atoms with E-state index in [1.807, 2.05) is 0 Å². The van der Waals surface area contributed by atoms with Crippen molar-refractivity contribution < 1.29 is 19.8 Å². The quantitative estimate of drug-likeness (QED) is 0.352. The molecular formula is C26H42O4. The highest BCUT2D eigenvalue weighted by atomic mass is 16.4. The Balaban J connectivity index is 2.72. The van der Waals surface area contributed by atoms with Crippen molar-refractivity contribution in [2.45, 2.75) is 106 Å². The summed E-state index contributed by atoms with van der Waals surface area (Å²) in [5.41, 5.74) is 5.59. The van der Waals surface area contributed by atoms with E-state index in [1.54, 1.807) is 27.7 Å². The summed E-state index contributed by atoms with van der Waals surface area (Å²) in [6.07, 6.45) is 8.37. The number of rotatable bonds is 13. The molecule has 0 bridgehead atoms. The van der Waals surface area contributed by atoms with Crippen molar-refractivity contribution >= 4 is 11.9 Å². The number of aliphatic carboxylic acids is 2. The van der Waals surface area contributed by atoms with E-state index in [1.165, 1.54) is 27.8 Å². The fourth-order valence-electron chi connectivity index (χ4n) is 4.04. The SMILES string of the molecule is Cc1cc(C)c(CCCCC(C)(C)C(=O)O)c(CCCCCC(C)(C)C(=O)O)c1C. The number of carboxylic acids is 2. The third-order valence-electron chi connectivity index (χ3n) is 6.68. The molecule has 0 atom stereocenters. The summed E-state index contributed by atoms with van der Waals surface area (Å²) < 4.78 is 0. The van der Waals surface area contributed by atoms with E-state index < -0.39 is 22.8 Å². The summed E-state index contributed by atoms with van der Waals surface area (Å²) in [4.78, 5) is 22.6. The van der Waals surface area contributed by atoms with Crippen LogP contribution >= 0.6 is 0 Å². The number of unbranched alkanes of at least 4 members (excludes halogenated alkanes) is 3. The summed E-state index contributed by atoms with van der Waals surface area (Å²) in [6.45, 7) is 13.7. The minimum Gasteiger partial charge on any atom is -0.481 e. The third-order valence-corrected chi connectivity index (χ3v) is 6.68. The lowest BCUT2D eigenvalue weighted by molar-refractivity contribution is -0.148. The zero-order valence-electron chi connectivity index (χ0n) is 20.2. The van der Waals surface area contributed by atoms with Crippen molar-refractivity contribution in [1.29, 1.82) is 0 Å². The van der Waals surface area contributed by atoms with Gasteiger partial charge in [0, 0.05) is 0 Å². The van der Waals surface area contributed by atoms with Crippen LogP contribution in [0.2, 0.25) is 0 Å². The molecule has 0 unspecified atom stereocenters. The highest BCUT2D eigenvalue weighted by molar-refractivity contribution is 5.73. The largest absolute Gasteiger partial charge is 0.481 e. The van der Waals surface area contributed by atoms with Crippen LogP contribution in [0.4, 0.5) is 0 Å². The molecule has 30 heavy (non-hydrogen) atoms. The average molecular weight is 419 g/mol. The zero-order valence-corrected chi connectivity index (χ0v) is 20.2. The molecule has 1 rings (SSSR count). The first-order valence-electron chi connectivity index (χ1n) is 11.3. The van der Waals surface area contributed by atoms with Gasteiger partial charge < -0.3 is 10.2 Å². The summed E-state index contributed by atoms with van der Waals surface area (Å²) in [5.74, 6) is -1.45. The Morgan fingerprint density at radius 3 is 1.63 bits per heavy atom. The molecule has 0 aliphatic rings. The van der Waals surface area contributed by atoms with E-state index in [9.17, 15) is 19.8 Å². The minimum absolute atomic E-state index is 0.648. The Hall–Kier alpha value is -1.84. The number of hydrogen-bond donors (Lipinski definition) is 2. The van der Waals surface area contributed by atoms with Gasteiger partial charge in [-0.15, -0.1) is 0 Å². The van der Waals surface area contributed by atoms with Crippen LogP contribution in [0.5, 0.6) is 0 Å². The minimum atomic E-state index is -0.725. The van der Waals surface area contributed by atoms with Gasteiger partial charge in [0.1, 0.15) is 0 Å². The molecule has 0 fully saturated rings. The van der Waals surface area contributed by atoms with Crippen molar-refractivity contribution in [3.05, 3.63) is 33.9 Å². The highest BCUT2D eigenvalue weighted by Gasteiger charge is 2.27. The molecule has 0 radical (unpaired) electrons. The second-order valence-corrected chi connectivity index (χ2v) is 10.2. The van der Waals surface area contributed by atoms with Gasteiger partial charge in [-0.1, -0.05) is 25.3 Å². The molecule has 0 saturated heterocycles. The first-order valence-corrected chi connectivity index (χ1v) is 11.3. The van der Waals surface area contributed by atoms with Crippen LogP contribution in [0.25, 0.3) is 0 Å². The van der Waals surface area contributed by atoms with Gasteiger partial charge in [-0.05, 0) is 115 Å². The third kappa shape index (κ3) is 7.45. The number of hydrogen-bond acceptors (Lipinski definition) is 2. The predicted molar refractivity (Wildman–Crippen MR) is 123 cm³/mol. The molecular weight excluding hydrogens is 376 g/mol. The predicted octanol–water partition coefficient (Wildman–Crippen LogP) is 6.65. The number of benzene rings is 1. The van der Waals surface area contributed by atoms with Crippen molar-refractivity contribution in [3.8, 4) is 0 Å². The smallest absolute Gasteiger partial charge is 0.309 e. The number of carboxylic acid groups (broad SMARTS) is 2. The zero-order chi connectivity index (χ0) is 23.1. The molecule has 0 saturated carbocycles. The van der Waals surface area contributed by atoms with Gasteiger partial charge >= 0.3 is 11.9 Å². The fraction of sp³-hybridized carbons (Fsp3) is 0.692. The van der Waals surface area contributed by atoms with Crippen molar-refractivity contribution in [1.82, 2.24) is 0 Å². The van der Waals surface area contributed by atoms with E-state index in [2.05, 4.69) is 26.8 Å². The van der Waals surface area contributed by atoms with Gasteiger partial charge in [-0.25, -0.2) is 0 Å². The summed E-state index contributed by atoms with van der Waals surface area (Å²) in [7, 11) is 0. The maximum absolute atomic E-state index is 11.3. The van der Waals surface area contributed by atoms with Gasteiger partial charge in [0.05, 0.1) is 10.8 Å². The maximum Gasteiger partial charge on any atom is 0.309 e. The van der Waals surface area contributed by atoms with Gasteiger partial charge in [0.25, 0.3) is 0 Å². The van der Waals surface area contributed by atoms with E-state index in [-0.39, 0.29) is 0 Å². The van der Waals surface area contributed by atoms with Crippen LogP contribution in [-0.4, -0.2) is 22.2 Å². The molecule has 0 aliphatic heterocycles. The molecule has 0 amide bonds. The van der Waals surface area contributed by atoms with Crippen LogP contribution in [0, 0.1) is 31.6 Å². The number of aryl methyl sites for hydroxylation is 2. The van der Waals surface area contributed by atoms with Crippen LogP contribution in [0.1, 0.15) is 100 Å². The topological polar surface area (TPSA) is 74.6 Å². The lowest BCUT2D eigenvalue weighted by Crippen LogP contribution is -2.23. The van der Waals surface area contributed by atoms with Crippen LogP contribution < -0.4 is 0 Å². The van der Waals surface area contributed by atoms with Crippen molar-refractivity contribution in [2.75, 3.05) is 0 Å². The normalized spacial score (nSPS) is 12.2. The maximum atomic E-state index is 11.3. The Labute approximate surface area is 183 Å². The van der Waals surface area contributed by atoms with Crippen molar-refractivity contribution in [3.63, 3.8) is 0 Å². The monoisotopic (exact) mass is 418 g/mol. The van der Waals surface area contributed by atoms with Gasteiger partial charge in [0.2, 0.25) is 0 Å². The molecule has 0 aromatic heterocycles. The van der Waals surface area contributed by atoms with E-state index in [0.29, 0.717) is 12.8 Å². The summed E-state index contributed by atoms with van der Waals surface area (Å²) in [6, 6.07) is 2.27. The van der Waals surface area contributed by atoms with Crippen LogP contribution in [0.3, 0.4) is 0 Å². The first-order chi connectivity index (χ1) is 13.8. The second kappa shape index (κ2) is 11.0. The summed E-state index contributed by atoms with van der Waals surface area (Å²) in [5, 5.41) is 18.6. The van der Waals surface area contributed by atoms with Crippen LogP contribution in [0.15, 0.2) is 6.07 Å². The molecule has 1 aromatic rings. The Morgan fingerprint density at radius 2 is 1.13 bits per heavy atom. The first kappa shape index (κ1) is 26.2. The molecule has 0 spiro atoms. The Morgan fingerprint density at radius 1 is 0.700 bits per heavy atom. The van der Waals surface area contributed by atoms with Gasteiger partial charge in [-0.3, -0.25) is 9.59 Å². The van der Waals surface area contributed by atoms with Gasteiger partial charge in [-0.2, -0.15) is 0 Å².